The quantitative estimate of drug-likeness (QED) is 0.791. The highest BCUT2D eigenvalue weighted by Crippen LogP contribution is 2.36. The van der Waals surface area contributed by atoms with Crippen LogP contribution in [0.5, 0.6) is 0 Å². The minimum atomic E-state index is -0.820. The lowest BCUT2D eigenvalue weighted by Gasteiger charge is -2.46. The average molecular weight is 279 g/mol. The highest BCUT2D eigenvalue weighted by atomic mass is 16.5. The lowest BCUT2D eigenvalue weighted by Crippen LogP contribution is -2.54. The third kappa shape index (κ3) is 3.27. The van der Waals surface area contributed by atoms with Crippen molar-refractivity contribution in [2.75, 3.05) is 6.54 Å². The van der Waals surface area contributed by atoms with E-state index in [1.54, 1.807) is 4.90 Å². The molecule has 1 saturated carbocycles. The molecule has 2 rings (SSSR count). The van der Waals surface area contributed by atoms with Crippen molar-refractivity contribution in [2.24, 2.45) is 11.3 Å². The fourth-order valence-corrected chi connectivity index (χ4v) is 3.19. The normalized spacial score (nSPS) is 34.2. The van der Waals surface area contributed by atoms with Crippen LogP contribution in [0.15, 0.2) is 0 Å². The molecule has 1 amide bonds. The third-order valence-electron chi connectivity index (χ3n) is 4.52. The molecule has 0 aromatic carbocycles. The Kier molecular flexibility index (Phi) is 4.29. The molecule has 2 fully saturated rings. The Labute approximate surface area is 121 Å². The summed E-state index contributed by atoms with van der Waals surface area (Å²) >= 11 is 0. The number of amides is 1. The first-order chi connectivity index (χ1) is 9.31. The predicted octanol–water partition coefficient (Wildman–Crippen LogP) is 2.97. The van der Waals surface area contributed by atoms with E-state index in [1.807, 2.05) is 0 Å². The molecule has 4 nitrogen and oxygen atoms in total. The molecule has 1 aliphatic carbocycles. The minimum absolute atomic E-state index is 0.0160. The summed E-state index contributed by atoms with van der Waals surface area (Å²) in [5.74, 6) is 3.13. The molecule has 2 aliphatic rings. The third-order valence-corrected chi connectivity index (χ3v) is 4.52. The van der Waals surface area contributed by atoms with Gasteiger partial charge in [-0.3, -0.25) is 0 Å². The number of nitrogens with zero attached hydrogens (tertiary/aromatic N) is 1. The Balaban J connectivity index is 1.92. The van der Waals surface area contributed by atoms with E-state index in [-0.39, 0.29) is 23.7 Å². The van der Waals surface area contributed by atoms with Gasteiger partial charge < -0.3 is 14.7 Å². The maximum absolute atomic E-state index is 11.4. The van der Waals surface area contributed by atoms with E-state index in [0.717, 1.165) is 25.7 Å². The Morgan fingerprint density at radius 2 is 1.95 bits per heavy atom. The van der Waals surface area contributed by atoms with E-state index in [4.69, 9.17) is 11.2 Å². The van der Waals surface area contributed by atoms with Crippen molar-refractivity contribution in [2.45, 2.75) is 64.7 Å². The number of hydrogen-bond donors (Lipinski definition) is 1. The number of piperidine rings is 1. The summed E-state index contributed by atoms with van der Waals surface area (Å²) in [6, 6.07) is 0.0160. The monoisotopic (exact) mass is 279 g/mol. The minimum Gasteiger partial charge on any atom is -0.465 e. The van der Waals surface area contributed by atoms with Crippen molar-refractivity contribution in [1.29, 1.82) is 0 Å². The van der Waals surface area contributed by atoms with Crippen LogP contribution in [0.4, 0.5) is 4.79 Å². The van der Waals surface area contributed by atoms with Crippen molar-refractivity contribution < 1.29 is 14.6 Å². The number of ether oxygens (including phenoxy) is 1. The molecule has 1 saturated heterocycles. The van der Waals surface area contributed by atoms with Crippen molar-refractivity contribution in [1.82, 2.24) is 4.90 Å². The lowest BCUT2D eigenvalue weighted by atomic mass is 9.79. The molecular formula is C16H25NO3. The molecule has 1 aliphatic heterocycles. The molecule has 4 heteroatoms. The molecule has 1 heterocycles. The first kappa shape index (κ1) is 15.2. The molecule has 0 bridgehead atoms. The van der Waals surface area contributed by atoms with Gasteiger partial charge in [0.1, 0.15) is 0 Å². The van der Waals surface area contributed by atoms with E-state index in [0.29, 0.717) is 12.5 Å². The second-order valence-electron chi connectivity index (χ2n) is 7.10. The van der Waals surface area contributed by atoms with E-state index >= 15 is 0 Å². The summed E-state index contributed by atoms with van der Waals surface area (Å²) in [7, 11) is 0. The van der Waals surface area contributed by atoms with Gasteiger partial charge in [0.05, 0.1) is 12.2 Å². The van der Waals surface area contributed by atoms with Gasteiger partial charge in [-0.15, -0.1) is 12.3 Å². The fourth-order valence-electron chi connectivity index (χ4n) is 3.19. The number of rotatable bonds is 2. The van der Waals surface area contributed by atoms with E-state index in [1.165, 1.54) is 0 Å². The molecule has 2 unspecified atom stereocenters. The van der Waals surface area contributed by atoms with Gasteiger partial charge in [0, 0.05) is 18.5 Å². The highest BCUT2D eigenvalue weighted by molar-refractivity contribution is 5.65. The second-order valence-corrected chi connectivity index (χ2v) is 7.10. The van der Waals surface area contributed by atoms with Crippen molar-refractivity contribution in [3.63, 3.8) is 0 Å². The van der Waals surface area contributed by atoms with Gasteiger partial charge >= 0.3 is 6.09 Å². The Morgan fingerprint density at radius 3 is 2.45 bits per heavy atom. The van der Waals surface area contributed by atoms with Crippen LogP contribution in [0, 0.1) is 23.7 Å². The Morgan fingerprint density at radius 1 is 1.30 bits per heavy atom. The second kappa shape index (κ2) is 5.65. The highest BCUT2D eigenvalue weighted by Gasteiger charge is 2.40. The van der Waals surface area contributed by atoms with Crippen LogP contribution >= 0.6 is 0 Å². The van der Waals surface area contributed by atoms with Gasteiger partial charge in [0.25, 0.3) is 0 Å². The molecular weight excluding hydrogens is 254 g/mol. The smallest absolute Gasteiger partial charge is 0.407 e. The molecule has 1 N–H and O–H groups in total. The van der Waals surface area contributed by atoms with Crippen LogP contribution in [0.1, 0.15) is 46.5 Å². The molecule has 0 spiro atoms. The first-order valence-corrected chi connectivity index (χ1v) is 7.42. The van der Waals surface area contributed by atoms with Crippen LogP contribution < -0.4 is 0 Å². The van der Waals surface area contributed by atoms with Crippen LogP contribution in [0.3, 0.4) is 0 Å². The number of likely N-dealkylation sites (tertiary alicyclic amines) is 1. The number of carbonyl (C=O) groups is 1. The lowest BCUT2D eigenvalue weighted by molar-refractivity contribution is -0.101. The summed E-state index contributed by atoms with van der Waals surface area (Å²) in [5, 5.41) is 9.33. The Hall–Kier alpha value is -1.21. The predicted molar refractivity (Wildman–Crippen MR) is 77.4 cm³/mol. The van der Waals surface area contributed by atoms with Crippen molar-refractivity contribution in [3.8, 4) is 12.3 Å². The average Bonchev–Trinajstić information content (AvgIpc) is 2.31. The molecule has 20 heavy (non-hydrogen) atoms. The molecule has 112 valence electrons. The topological polar surface area (TPSA) is 49.8 Å². The zero-order valence-corrected chi connectivity index (χ0v) is 12.6. The van der Waals surface area contributed by atoms with Crippen molar-refractivity contribution in [3.05, 3.63) is 0 Å². The summed E-state index contributed by atoms with van der Waals surface area (Å²) in [5.41, 5.74) is -0.0681. The van der Waals surface area contributed by atoms with E-state index in [2.05, 4.69) is 26.7 Å². The van der Waals surface area contributed by atoms with Crippen LogP contribution in [-0.4, -0.2) is 40.9 Å². The number of hydrogen-bond acceptors (Lipinski definition) is 2. The van der Waals surface area contributed by atoms with Crippen LogP contribution in [-0.2, 0) is 4.74 Å². The van der Waals surface area contributed by atoms with Gasteiger partial charge in [0.15, 0.2) is 0 Å². The SMILES string of the molecule is C#CC1CC(OC2CCN(C(=O)O)C(C(C)(C)C)C2)C1. The number of carboxylic acid groups (broad SMARTS) is 1. The Bertz CT molecular complexity index is 401. The van der Waals surface area contributed by atoms with Crippen LogP contribution in [0.2, 0.25) is 0 Å². The largest absolute Gasteiger partial charge is 0.465 e. The maximum atomic E-state index is 11.4. The summed E-state index contributed by atoms with van der Waals surface area (Å²) in [6.07, 6.45) is 8.48. The molecule has 0 aromatic heterocycles. The summed E-state index contributed by atoms with van der Waals surface area (Å²) in [6.45, 7) is 6.84. The number of terminal acetylenes is 1. The molecule has 2 atom stereocenters. The molecule has 0 aromatic rings. The van der Waals surface area contributed by atoms with Crippen molar-refractivity contribution >= 4 is 6.09 Å². The first-order valence-electron chi connectivity index (χ1n) is 7.42. The zero-order chi connectivity index (χ0) is 14.9. The van der Waals surface area contributed by atoms with Gasteiger partial charge in [-0.25, -0.2) is 4.79 Å². The van der Waals surface area contributed by atoms with Gasteiger partial charge in [-0.05, 0) is 31.1 Å². The maximum Gasteiger partial charge on any atom is 0.407 e. The van der Waals surface area contributed by atoms with Gasteiger partial charge in [-0.2, -0.15) is 0 Å². The molecule has 0 radical (unpaired) electrons. The van der Waals surface area contributed by atoms with Gasteiger partial charge in [0.2, 0.25) is 0 Å². The van der Waals surface area contributed by atoms with E-state index < -0.39 is 6.09 Å². The zero-order valence-electron chi connectivity index (χ0n) is 12.6. The summed E-state index contributed by atoms with van der Waals surface area (Å²) in [4.78, 5) is 12.9. The standard InChI is InChI=1S/C16H25NO3/c1-5-11-8-13(9-11)20-12-6-7-17(15(18)19)14(10-12)16(2,3)4/h1,11-14H,6-10H2,2-4H3,(H,18,19). The van der Waals surface area contributed by atoms with E-state index in [9.17, 15) is 9.90 Å². The fraction of sp³-hybridized carbons (Fsp3) is 0.812. The van der Waals surface area contributed by atoms with Crippen LogP contribution in [0.25, 0.3) is 0 Å². The van der Waals surface area contributed by atoms with Gasteiger partial charge in [-0.1, -0.05) is 20.8 Å². The summed E-state index contributed by atoms with van der Waals surface area (Å²) < 4.78 is 6.10.